The Morgan fingerprint density at radius 3 is 2.17 bits per heavy atom. The fourth-order valence-corrected chi connectivity index (χ4v) is 5.35. The number of benzene rings is 1. The number of rotatable bonds is 4. The van der Waals surface area contributed by atoms with Gasteiger partial charge in [-0.15, -0.1) is 0 Å². The Balaban J connectivity index is 1.59. The number of amides is 2. The van der Waals surface area contributed by atoms with Crippen molar-refractivity contribution in [3.63, 3.8) is 0 Å². The molecule has 3 rings (SSSR count). The summed E-state index contributed by atoms with van der Waals surface area (Å²) in [5, 5.41) is 0. The third-order valence-corrected chi connectivity index (χ3v) is 7.86. The smallest absolute Gasteiger partial charge is 0.243 e. The van der Waals surface area contributed by atoms with Gasteiger partial charge in [-0.05, 0) is 36.0 Å². The second-order valence-corrected chi connectivity index (χ2v) is 11.1. The van der Waals surface area contributed by atoms with Crippen LogP contribution in [0.2, 0.25) is 0 Å². The SMILES string of the molecule is CC(C)(C)c1ccc(S(=O)(=O)N2CCN(C(=O)CN3CCCCCC3=O)CC2)cc1. The molecule has 0 aromatic heterocycles. The molecule has 1 aromatic carbocycles. The van der Waals surface area contributed by atoms with Gasteiger partial charge in [0.05, 0.1) is 11.4 Å². The zero-order chi connectivity index (χ0) is 21.9. The summed E-state index contributed by atoms with van der Waals surface area (Å²) >= 11 is 0. The number of hydrogen-bond acceptors (Lipinski definition) is 4. The van der Waals surface area contributed by atoms with Crippen LogP contribution in [0.15, 0.2) is 29.2 Å². The van der Waals surface area contributed by atoms with Crippen LogP contribution in [-0.4, -0.2) is 73.6 Å². The van der Waals surface area contributed by atoms with E-state index in [1.165, 1.54) is 4.31 Å². The molecule has 0 N–H and O–H groups in total. The molecule has 166 valence electrons. The highest BCUT2D eigenvalue weighted by Gasteiger charge is 2.31. The Bertz CT molecular complexity index is 867. The van der Waals surface area contributed by atoms with Crippen molar-refractivity contribution in [3.05, 3.63) is 29.8 Å². The molecule has 1 aromatic rings. The van der Waals surface area contributed by atoms with Crippen LogP contribution in [-0.2, 0) is 25.0 Å². The lowest BCUT2D eigenvalue weighted by Crippen LogP contribution is -2.53. The molecule has 2 amide bonds. The van der Waals surface area contributed by atoms with Crippen LogP contribution < -0.4 is 0 Å². The molecule has 0 radical (unpaired) electrons. The van der Waals surface area contributed by atoms with E-state index >= 15 is 0 Å². The maximum absolute atomic E-state index is 13.0. The summed E-state index contributed by atoms with van der Waals surface area (Å²) in [6.45, 7) is 8.22. The van der Waals surface area contributed by atoms with Gasteiger partial charge in [0, 0.05) is 39.1 Å². The molecule has 0 spiro atoms. The molecule has 2 saturated heterocycles. The molecule has 2 fully saturated rings. The summed E-state index contributed by atoms with van der Waals surface area (Å²) in [6, 6.07) is 7.06. The lowest BCUT2D eigenvalue weighted by Gasteiger charge is -2.35. The van der Waals surface area contributed by atoms with Crippen LogP contribution in [0.4, 0.5) is 0 Å². The van der Waals surface area contributed by atoms with Crippen molar-refractivity contribution in [1.29, 1.82) is 0 Å². The molecule has 8 heteroatoms. The predicted molar refractivity (Wildman–Crippen MR) is 116 cm³/mol. The van der Waals surface area contributed by atoms with Crippen molar-refractivity contribution in [2.45, 2.75) is 56.8 Å². The van der Waals surface area contributed by atoms with Crippen molar-refractivity contribution in [3.8, 4) is 0 Å². The van der Waals surface area contributed by atoms with Gasteiger partial charge in [-0.1, -0.05) is 39.3 Å². The van der Waals surface area contributed by atoms with E-state index in [1.807, 2.05) is 12.1 Å². The minimum Gasteiger partial charge on any atom is -0.339 e. The zero-order valence-electron chi connectivity index (χ0n) is 18.3. The van der Waals surface area contributed by atoms with E-state index in [1.54, 1.807) is 21.9 Å². The van der Waals surface area contributed by atoms with Crippen molar-refractivity contribution in [2.24, 2.45) is 0 Å². The van der Waals surface area contributed by atoms with E-state index in [0.717, 1.165) is 24.8 Å². The normalized spacial score (nSPS) is 19.6. The molecule has 2 heterocycles. The van der Waals surface area contributed by atoms with Crippen LogP contribution in [0.25, 0.3) is 0 Å². The van der Waals surface area contributed by atoms with E-state index in [0.29, 0.717) is 26.1 Å². The number of hydrogen-bond donors (Lipinski definition) is 0. The number of carbonyl (C=O) groups excluding carboxylic acids is 2. The molecule has 2 aliphatic heterocycles. The number of carbonyl (C=O) groups is 2. The Kier molecular flexibility index (Phi) is 6.87. The van der Waals surface area contributed by atoms with Gasteiger partial charge >= 0.3 is 0 Å². The monoisotopic (exact) mass is 435 g/mol. The molecular formula is C22H33N3O4S. The maximum atomic E-state index is 13.0. The molecule has 0 unspecified atom stereocenters. The molecule has 7 nitrogen and oxygen atoms in total. The standard InChI is InChI=1S/C22H33N3O4S/c1-22(2,3)18-8-10-19(11-9-18)30(28,29)25-15-13-23(14-16-25)21(27)17-24-12-6-4-5-7-20(24)26/h8-11H,4-7,12-17H2,1-3H3. The van der Waals surface area contributed by atoms with Gasteiger partial charge in [-0.3, -0.25) is 9.59 Å². The summed E-state index contributed by atoms with van der Waals surface area (Å²) in [5.74, 6) is -0.0578. The fraction of sp³-hybridized carbons (Fsp3) is 0.636. The Morgan fingerprint density at radius 2 is 1.57 bits per heavy atom. The van der Waals surface area contributed by atoms with Gasteiger partial charge in [0.15, 0.2) is 0 Å². The molecular weight excluding hydrogens is 402 g/mol. The van der Waals surface area contributed by atoms with Gasteiger partial charge in [-0.2, -0.15) is 4.31 Å². The van der Waals surface area contributed by atoms with Crippen molar-refractivity contribution >= 4 is 21.8 Å². The highest BCUT2D eigenvalue weighted by Crippen LogP contribution is 2.25. The van der Waals surface area contributed by atoms with E-state index in [-0.39, 0.29) is 41.8 Å². The maximum Gasteiger partial charge on any atom is 0.243 e. The lowest BCUT2D eigenvalue weighted by atomic mass is 9.87. The summed E-state index contributed by atoms with van der Waals surface area (Å²) in [5.41, 5.74) is 1.04. The Labute approximate surface area is 180 Å². The quantitative estimate of drug-likeness (QED) is 0.727. The van der Waals surface area contributed by atoms with Crippen LogP contribution >= 0.6 is 0 Å². The number of piperazine rings is 1. The van der Waals surface area contributed by atoms with E-state index < -0.39 is 10.0 Å². The Morgan fingerprint density at radius 1 is 0.933 bits per heavy atom. The zero-order valence-corrected chi connectivity index (χ0v) is 19.1. The van der Waals surface area contributed by atoms with Gasteiger partial charge < -0.3 is 9.80 Å². The van der Waals surface area contributed by atoms with Crippen LogP contribution in [0, 0.1) is 0 Å². The van der Waals surface area contributed by atoms with Gasteiger partial charge in [-0.25, -0.2) is 8.42 Å². The first-order chi connectivity index (χ1) is 14.1. The van der Waals surface area contributed by atoms with Crippen molar-refractivity contribution in [2.75, 3.05) is 39.3 Å². The van der Waals surface area contributed by atoms with E-state index in [2.05, 4.69) is 20.8 Å². The summed E-state index contributed by atoms with van der Waals surface area (Å²) < 4.78 is 27.4. The first kappa shape index (κ1) is 22.7. The molecule has 0 aliphatic carbocycles. The van der Waals surface area contributed by atoms with Crippen molar-refractivity contribution in [1.82, 2.24) is 14.1 Å². The first-order valence-electron chi connectivity index (χ1n) is 10.8. The largest absolute Gasteiger partial charge is 0.339 e. The van der Waals surface area contributed by atoms with Crippen LogP contribution in [0.5, 0.6) is 0 Å². The van der Waals surface area contributed by atoms with E-state index in [9.17, 15) is 18.0 Å². The highest BCUT2D eigenvalue weighted by molar-refractivity contribution is 7.89. The molecule has 0 atom stereocenters. The minimum atomic E-state index is -3.58. The van der Waals surface area contributed by atoms with Crippen LogP contribution in [0.1, 0.15) is 52.0 Å². The topological polar surface area (TPSA) is 78.0 Å². The van der Waals surface area contributed by atoms with Gasteiger partial charge in [0.2, 0.25) is 21.8 Å². The first-order valence-corrected chi connectivity index (χ1v) is 12.2. The van der Waals surface area contributed by atoms with Gasteiger partial charge in [0.25, 0.3) is 0 Å². The molecule has 2 aliphatic rings. The average molecular weight is 436 g/mol. The molecule has 0 saturated carbocycles. The number of nitrogens with zero attached hydrogens (tertiary/aromatic N) is 3. The molecule has 0 bridgehead atoms. The van der Waals surface area contributed by atoms with Crippen molar-refractivity contribution < 1.29 is 18.0 Å². The average Bonchev–Trinajstić information content (AvgIpc) is 2.91. The van der Waals surface area contributed by atoms with E-state index in [4.69, 9.17) is 0 Å². The second-order valence-electron chi connectivity index (χ2n) is 9.19. The number of likely N-dealkylation sites (tertiary alicyclic amines) is 1. The summed E-state index contributed by atoms with van der Waals surface area (Å²) in [6.07, 6.45) is 3.34. The Hall–Kier alpha value is -1.93. The summed E-state index contributed by atoms with van der Waals surface area (Å²) in [7, 11) is -3.58. The predicted octanol–water partition coefficient (Wildman–Crippen LogP) is 2.22. The second kappa shape index (κ2) is 9.06. The lowest BCUT2D eigenvalue weighted by molar-refractivity contribution is -0.140. The fourth-order valence-electron chi connectivity index (χ4n) is 3.92. The highest BCUT2D eigenvalue weighted by atomic mass is 32.2. The minimum absolute atomic E-state index is 0.0387. The summed E-state index contributed by atoms with van der Waals surface area (Å²) in [4.78, 5) is 28.4. The number of sulfonamides is 1. The third-order valence-electron chi connectivity index (χ3n) is 5.95. The van der Waals surface area contributed by atoms with Crippen LogP contribution in [0.3, 0.4) is 0 Å². The van der Waals surface area contributed by atoms with Gasteiger partial charge in [0.1, 0.15) is 0 Å². The third kappa shape index (κ3) is 5.21. The molecule has 30 heavy (non-hydrogen) atoms.